The number of alkyl halides is 3. The first kappa shape index (κ1) is 20.2. The molecule has 1 atom stereocenters. The fourth-order valence-corrected chi connectivity index (χ4v) is 3.50. The normalized spacial score (nSPS) is 16.9. The van der Waals surface area contributed by atoms with Crippen molar-refractivity contribution in [1.29, 1.82) is 0 Å². The van der Waals surface area contributed by atoms with Crippen LogP contribution in [0.25, 0.3) is 11.4 Å². The third-order valence-corrected chi connectivity index (χ3v) is 5.03. The van der Waals surface area contributed by atoms with Gasteiger partial charge in [0, 0.05) is 23.6 Å². The molecule has 10 heteroatoms. The lowest BCUT2D eigenvalue weighted by atomic mass is 10.1. The Balaban J connectivity index is 1.58. The van der Waals surface area contributed by atoms with E-state index in [0.29, 0.717) is 16.5 Å². The summed E-state index contributed by atoms with van der Waals surface area (Å²) in [5, 5.41) is 4.25. The molecule has 1 aromatic heterocycles. The number of carbonyl (C=O) groups is 1. The van der Waals surface area contributed by atoms with Crippen molar-refractivity contribution in [2.75, 3.05) is 18.6 Å². The average Bonchev–Trinajstić information content (AvgIpc) is 3.34. The van der Waals surface area contributed by atoms with Gasteiger partial charge < -0.3 is 14.2 Å². The molecule has 2 aromatic carbocycles. The summed E-state index contributed by atoms with van der Waals surface area (Å²) in [6.07, 6.45) is -4.36. The van der Waals surface area contributed by atoms with E-state index >= 15 is 0 Å². The third-order valence-electron chi connectivity index (χ3n) is 4.80. The second-order valence-corrected chi connectivity index (χ2v) is 7.19. The molecular weight excluding hydrogens is 423 g/mol. The molecule has 3 aromatic rings. The van der Waals surface area contributed by atoms with Crippen LogP contribution >= 0.6 is 11.6 Å². The quantitative estimate of drug-likeness (QED) is 0.578. The van der Waals surface area contributed by atoms with E-state index in [4.69, 9.17) is 20.9 Å². The number of hydrogen-bond acceptors (Lipinski definition) is 5. The molecule has 1 aliphatic rings. The summed E-state index contributed by atoms with van der Waals surface area (Å²) in [7, 11) is 1.49. The maximum absolute atomic E-state index is 12.9. The molecule has 0 aliphatic carbocycles. The molecule has 0 spiro atoms. The number of aromatic nitrogens is 2. The molecular formula is C20H15ClF3N3O3. The second-order valence-electron chi connectivity index (χ2n) is 6.76. The van der Waals surface area contributed by atoms with Crippen LogP contribution in [0, 0.1) is 0 Å². The molecule has 6 nitrogen and oxygen atoms in total. The highest BCUT2D eigenvalue weighted by atomic mass is 35.5. The molecule has 1 aliphatic heterocycles. The molecule has 0 bridgehead atoms. The van der Waals surface area contributed by atoms with Crippen LogP contribution in [-0.4, -0.2) is 29.7 Å². The van der Waals surface area contributed by atoms with Crippen molar-refractivity contribution in [3.05, 3.63) is 58.9 Å². The smallest absolute Gasteiger partial charge is 0.416 e. The van der Waals surface area contributed by atoms with Gasteiger partial charge in [0.25, 0.3) is 0 Å². The van der Waals surface area contributed by atoms with Crippen LogP contribution in [0.2, 0.25) is 5.02 Å². The number of anilines is 1. The molecule has 30 heavy (non-hydrogen) atoms. The van der Waals surface area contributed by atoms with Gasteiger partial charge in [0.1, 0.15) is 5.75 Å². The first-order valence-corrected chi connectivity index (χ1v) is 9.29. The van der Waals surface area contributed by atoms with Crippen LogP contribution in [0.5, 0.6) is 5.75 Å². The lowest BCUT2D eigenvalue weighted by Gasteiger charge is -2.19. The van der Waals surface area contributed by atoms with Crippen molar-refractivity contribution in [2.45, 2.75) is 18.5 Å². The Morgan fingerprint density at radius 2 is 2.03 bits per heavy atom. The van der Waals surface area contributed by atoms with Crippen molar-refractivity contribution in [3.8, 4) is 17.1 Å². The maximum Gasteiger partial charge on any atom is 0.416 e. The summed E-state index contributed by atoms with van der Waals surface area (Å²) in [6.45, 7) is 0.250. The van der Waals surface area contributed by atoms with E-state index in [2.05, 4.69) is 10.1 Å². The molecule has 4 rings (SSSR count). The molecule has 156 valence electrons. The Morgan fingerprint density at radius 1 is 1.23 bits per heavy atom. The second kappa shape index (κ2) is 7.64. The maximum atomic E-state index is 12.9. The van der Waals surface area contributed by atoms with Gasteiger partial charge in [-0.2, -0.15) is 18.2 Å². The molecule has 2 heterocycles. The van der Waals surface area contributed by atoms with Crippen molar-refractivity contribution >= 4 is 23.2 Å². The van der Waals surface area contributed by atoms with Crippen molar-refractivity contribution in [1.82, 2.24) is 10.1 Å². The van der Waals surface area contributed by atoms with E-state index in [9.17, 15) is 18.0 Å². The number of hydrogen-bond donors (Lipinski definition) is 0. The van der Waals surface area contributed by atoms with Gasteiger partial charge >= 0.3 is 6.18 Å². The Morgan fingerprint density at radius 3 is 2.77 bits per heavy atom. The average molecular weight is 438 g/mol. The van der Waals surface area contributed by atoms with Crippen LogP contribution < -0.4 is 9.64 Å². The molecule has 1 fully saturated rings. The number of methoxy groups -OCH3 is 1. The highest BCUT2D eigenvalue weighted by Crippen LogP contribution is 2.38. The van der Waals surface area contributed by atoms with Crippen molar-refractivity contribution in [2.24, 2.45) is 0 Å². The minimum absolute atomic E-state index is 0.0299. The number of halogens is 4. The van der Waals surface area contributed by atoms with E-state index in [1.54, 1.807) is 18.2 Å². The highest BCUT2D eigenvalue weighted by Gasteiger charge is 2.37. The summed E-state index contributed by atoms with van der Waals surface area (Å²) in [6, 6.07) is 9.61. The predicted octanol–water partition coefficient (Wildman–Crippen LogP) is 4.94. The van der Waals surface area contributed by atoms with Crippen LogP contribution in [-0.2, 0) is 11.0 Å². The van der Waals surface area contributed by atoms with Gasteiger partial charge in [0.15, 0.2) is 0 Å². The zero-order chi connectivity index (χ0) is 21.5. The number of ether oxygens (including phenoxy) is 1. The summed E-state index contributed by atoms with van der Waals surface area (Å²) < 4.78 is 49.4. The van der Waals surface area contributed by atoms with Crippen molar-refractivity contribution in [3.63, 3.8) is 0 Å². The fraction of sp³-hybridized carbons (Fsp3) is 0.250. The van der Waals surface area contributed by atoms with Gasteiger partial charge in [-0.15, -0.1) is 0 Å². The number of nitrogens with zero attached hydrogens (tertiary/aromatic N) is 3. The van der Waals surface area contributed by atoms with Gasteiger partial charge in [-0.25, -0.2) is 0 Å². The van der Waals surface area contributed by atoms with Crippen LogP contribution in [0.4, 0.5) is 18.9 Å². The topological polar surface area (TPSA) is 68.5 Å². The molecule has 0 unspecified atom stereocenters. The summed E-state index contributed by atoms with van der Waals surface area (Å²) in [4.78, 5) is 18.3. The molecule has 0 radical (unpaired) electrons. The summed E-state index contributed by atoms with van der Waals surface area (Å²) in [5.74, 6) is 0.109. The van der Waals surface area contributed by atoms with E-state index in [1.165, 1.54) is 24.1 Å². The van der Waals surface area contributed by atoms with E-state index in [1.807, 2.05) is 0 Å². The lowest BCUT2D eigenvalue weighted by Crippen LogP contribution is -2.24. The Hall–Kier alpha value is -3.07. The van der Waals surface area contributed by atoms with E-state index < -0.39 is 17.7 Å². The third kappa shape index (κ3) is 3.85. The number of amides is 1. The minimum Gasteiger partial charge on any atom is -0.495 e. The minimum atomic E-state index is -4.48. The molecule has 1 saturated heterocycles. The van der Waals surface area contributed by atoms with Crippen LogP contribution in [0.15, 0.2) is 47.0 Å². The van der Waals surface area contributed by atoms with Gasteiger partial charge in [0.2, 0.25) is 17.6 Å². The van der Waals surface area contributed by atoms with Gasteiger partial charge in [-0.1, -0.05) is 28.9 Å². The Kier molecular flexibility index (Phi) is 5.15. The van der Waals surface area contributed by atoms with E-state index in [0.717, 1.165) is 12.1 Å². The summed E-state index contributed by atoms with van der Waals surface area (Å²) in [5.41, 5.74) is -0.103. The first-order chi connectivity index (χ1) is 14.3. The van der Waals surface area contributed by atoms with Gasteiger partial charge in [0.05, 0.1) is 24.3 Å². The zero-order valence-corrected chi connectivity index (χ0v) is 16.4. The van der Waals surface area contributed by atoms with Crippen molar-refractivity contribution < 1.29 is 27.2 Å². The van der Waals surface area contributed by atoms with E-state index in [-0.39, 0.29) is 36.2 Å². The first-order valence-electron chi connectivity index (χ1n) is 8.91. The van der Waals surface area contributed by atoms with Crippen LogP contribution in [0.3, 0.4) is 0 Å². The number of benzene rings is 2. The summed E-state index contributed by atoms with van der Waals surface area (Å²) >= 11 is 6.05. The highest BCUT2D eigenvalue weighted by molar-refractivity contribution is 6.31. The number of rotatable bonds is 4. The molecule has 0 N–H and O–H groups in total. The Bertz CT molecular complexity index is 1100. The fourth-order valence-electron chi connectivity index (χ4n) is 3.33. The largest absolute Gasteiger partial charge is 0.495 e. The standard InChI is InChI=1S/C20H15ClF3N3O3/c1-29-16-6-5-14(21)9-15(16)27-10-12(8-17(27)28)19-25-18(26-30-19)11-3-2-4-13(7-11)20(22,23)24/h2-7,9,12H,8,10H2,1H3/t12-/m0/s1. The number of carbonyl (C=O) groups excluding carboxylic acids is 1. The predicted molar refractivity (Wildman–Crippen MR) is 102 cm³/mol. The lowest BCUT2D eigenvalue weighted by molar-refractivity contribution is -0.137. The Labute approximate surface area is 174 Å². The molecule has 0 saturated carbocycles. The zero-order valence-electron chi connectivity index (χ0n) is 15.6. The monoisotopic (exact) mass is 437 g/mol. The molecule has 1 amide bonds. The van der Waals surface area contributed by atoms with Gasteiger partial charge in [-0.05, 0) is 30.3 Å². The van der Waals surface area contributed by atoms with Gasteiger partial charge in [-0.3, -0.25) is 4.79 Å². The SMILES string of the molecule is COc1ccc(Cl)cc1N1C[C@@H](c2nc(-c3cccc(C(F)(F)F)c3)no2)CC1=O. The van der Waals surface area contributed by atoms with Crippen LogP contribution in [0.1, 0.15) is 23.8 Å².